The van der Waals surface area contributed by atoms with Gasteiger partial charge in [0.05, 0.1) is 0 Å². The Labute approximate surface area is 66.4 Å². The summed E-state index contributed by atoms with van der Waals surface area (Å²) in [5, 5.41) is 2.71. The van der Waals surface area contributed by atoms with Crippen LogP contribution >= 0.6 is 0 Å². The third-order valence-electron chi connectivity index (χ3n) is 2.32. The lowest BCUT2D eigenvalue weighted by Crippen LogP contribution is -2.29. The lowest BCUT2D eigenvalue weighted by Gasteiger charge is -2.09. The molecule has 2 rings (SSSR count). The fraction of sp³-hybridized carbons (Fsp3) is 0.400. The van der Waals surface area contributed by atoms with Crippen LogP contribution in [0.15, 0.2) is 12.3 Å². The van der Waals surface area contributed by atoms with E-state index in [4.69, 9.17) is 0 Å². The second kappa shape index (κ2) is 2.26. The van der Waals surface area contributed by atoms with Crippen molar-refractivity contribution in [1.82, 2.24) is 4.98 Å². The first-order valence-corrected chi connectivity index (χ1v) is 4.12. The molecule has 58 valence electrons. The molecule has 1 atom stereocenters. The van der Waals surface area contributed by atoms with Gasteiger partial charge in [-0.25, -0.2) is 0 Å². The molecule has 0 saturated carbocycles. The van der Waals surface area contributed by atoms with Crippen molar-refractivity contribution >= 4 is 11.6 Å². The van der Waals surface area contributed by atoms with E-state index in [1.54, 1.807) is 0 Å². The minimum absolute atomic E-state index is 0.696. The summed E-state index contributed by atoms with van der Waals surface area (Å²) in [4.78, 5) is 3.24. The fourth-order valence-electron chi connectivity index (χ4n) is 1.83. The average molecular weight is 147 g/mol. The van der Waals surface area contributed by atoms with Crippen LogP contribution in [0.25, 0.3) is 11.6 Å². The Hall–Kier alpha value is -0.980. The van der Waals surface area contributed by atoms with E-state index >= 15 is 0 Å². The molecular formula is C10H13N. The Kier molecular flexibility index (Phi) is 1.38. The predicted molar refractivity (Wildman–Crippen MR) is 47.4 cm³/mol. The Morgan fingerprint density at radius 1 is 1.55 bits per heavy atom. The van der Waals surface area contributed by atoms with Crippen molar-refractivity contribution in [2.75, 3.05) is 0 Å². The maximum absolute atomic E-state index is 3.24. The molecule has 0 amide bonds. The third kappa shape index (κ3) is 1.01. The zero-order valence-corrected chi connectivity index (χ0v) is 7.02. The minimum atomic E-state index is 0.696. The Balaban J connectivity index is 2.80. The highest BCUT2D eigenvalue weighted by atomic mass is 14.6. The molecule has 11 heavy (non-hydrogen) atoms. The smallest absolute Gasteiger partial charge is 0.0415 e. The van der Waals surface area contributed by atoms with Gasteiger partial charge >= 0.3 is 0 Å². The van der Waals surface area contributed by atoms with Crippen LogP contribution in [0, 0.1) is 5.92 Å². The van der Waals surface area contributed by atoms with Gasteiger partial charge in [0.15, 0.2) is 0 Å². The summed E-state index contributed by atoms with van der Waals surface area (Å²) in [6.07, 6.45) is 5.54. The first-order chi connectivity index (χ1) is 5.27. The fourth-order valence-corrected chi connectivity index (χ4v) is 1.83. The average Bonchev–Trinajstić information content (AvgIpc) is 2.34. The monoisotopic (exact) mass is 147 g/mol. The number of aromatic nitrogens is 1. The highest BCUT2D eigenvalue weighted by Gasteiger charge is 2.06. The van der Waals surface area contributed by atoms with Gasteiger partial charge in [-0.15, -0.1) is 0 Å². The van der Waals surface area contributed by atoms with E-state index in [0.29, 0.717) is 5.92 Å². The molecule has 0 spiro atoms. The molecule has 1 heteroatoms. The highest BCUT2D eigenvalue weighted by molar-refractivity contribution is 5.49. The van der Waals surface area contributed by atoms with Crippen molar-refractivity contribution in [3.05, 3.63) is 22.8 Å². The molecule has 0 aliphatic heterocycles. The van der Waals surface area contributed by atoms with Gasteiger partial charge in [-0.2, -0.15) is 0 Å². The molecule has 0 radical (unpaired) electrons. The van der Waals surface area contributed by atoms with Gasteiger partial charge in [-0.05, 0) is 30.5 Å². The van der Waals surface area contributed by atoms with Gasteiger partial charge in [0.1, 0.15) is 0 Å². The summed E-state index contributed by atoms with van der Waals surface area (Å²) in [6.45, 7) is 4.48. The number of hydrogen-bond acceptors (Lipinski definition) is 0. The maximum Gasteiger partial charge on any atom is 0.0415 e. The third-order valence-corrected chi connectivity index (χ3v) is 2.32. The van der Waals surface area contributed by atoms with E-state index in [1.807, 2.05) is 6.20 Å². The van der Waals surface area contributed by atoms with Gasteiger partial charge in [-0.3, -0.25) is 0 Å². The van der Waals surface area contributed by atoms with Crippen LogP contribution in [-0.2, 0) is 0 Å². The Morgan fingerprint density at radius 3 is 3.18 bits per heavy atom. The highest BCUT2D eigenvalue weighted by Crippen LogP contribution is 2.13. The van der Waals surface area contributed by atoms with Crippen LogP contribution in [0.2, 0.25) is 0 Å². The van der Waals surface area contributed by atoms with Gasteiger partial charge < -0.3 is 4.98 Å². The molecule has 1 unspecified atom stereocenters. The van der Waals surface area contributed by atoms with E-state index in [0.717, 1.165) is 0 Å². The van der Waals surface area contributed by atoms with Crippen LogP contribution in [-0.4, -0.2) is 4.98 Å². The molecule has 0 fully saturated rings. The lowest BCUT2D eigenvalue weighted by atomic mass is 9.96. The maximum atomic E-state index is 3.24. The molecular weight excluding hydrogens is 134 g/mol. The Bertz CT molecular complexity index is 370. The quantitative estimate of drug-likeness (QED) is 0.563. The molecule has 1 aliphatic carbocycles. The second-order valence-corrected chi connectivity index (χ2v) is 3.43. The van der Waals surface area contributed by atoms with Crippen LogP contribution in [0.4, 0.5) is 0 Å². The van der Waals surface area contributed by atoms with Crippen molar-refractivity contribution < 1.29 is 0 Å². The summed E-state index contributed by atoms with van der Waals surface area (Å²) >= 11 is 0. The van der Waals surface area contributed by atoms with Gasteiger partial charge in [0.25, 0.3) is 0 Å². The first-order valence-electron chi connectivity index (χ1n) is 4.12. The van der Waals surface area contributed by atoms with Crippen molar-refractivity contribution in [1.29, 1.82) is 0 Å². The topological polar surface area (TPSA) is 15.8 Å². The van der Waals surface area contributed by atoms with E-state index in [1.165, 1.54) is 22.6 Å². The van der Waals surface area contributed by atoms with E-state index in [-0.39, 0.29) is 0 Å². The summed E-state index contributed by atoms with van der Waals surface area (Å²) in [6, 6.07) is 2.16. The molecule has 0 saturated heterocycles. The summed E-state index contributed by atoms with van der Waals surface area (Å²) < 4.78 is 0. The van der Waals surface area contributed by atoms with Crippen molar-refractivity contribution in [2.24, 2.45) is 5.92 Å². The standard InChI is InChI=1S/C10H13N/c1-7-5-8(2)9-3-4-11-10(9)6-7/h3-4,6-7,11H,5H2,1-2H3. The molecule has 0 bridgehead atoms. The van der Waals surface area contributed by atoms with Crippen molar-refractivity contribution in [3.63, 3.8) is 0 Å². The summed E-state index contributed by atoms with van der Waals surface area (Å²) in [5.74, 6) is 0.696. The molecule has 1 heterocycles. The number of hydrogen-bond donors (Lipinski definition) is 1. The van der Waals surface area contributed by atoms with Gasteiger partial charge in [0.2, 0.25) is 0 Å². The predicted octanol–water partition coefficient (Wildman–Crippen LogP) is 1.01. The number of rotatable bonds is 0. The van der Waals surface area contributed by atoms with Crippen LogP contribution in [0.1, 0.15) is 20.3 Å². The van der Waals surface area contributed by atoms with Crippen molar-refractivity contribution in [3.8, 4) is 0 Å². The minimum Gasteiger partial charge on any atom is -0.361 e. The molecule has 1 aliphatic rings. The largest absolute Gasteiger partial charge is 0.361 e. The summed E-state index contributed by atoms with van der Waals surface area (Å²) in [7, 11) is 0. The van der Waals surface area contributed by atoms with Crippen LogP contribution < -0.4 is 10.6 Å². The molecule has 1 aromatic rings. The van der Waals surface area contributed by atoms with E-state index in [2.05, 4.69) is 31.0 Å². The van der Waals surface area contributed by atoms with Crippen LogP contribution in [0.3, 0.4) is 0 Å². The number of nitrogens with one attached hydrogen (secondary N) is 1. The van der Waals surface area contributed by atoms with E-state index in [9.17, 15) is 0 Å². The number of aromatic amines is 1. The zero-order chi connectivity index (χ0) is 7.84. The lowest BCUT2D eigenvalue weighted by molar-refractivity contribution is 0.778. The first kappa shape index (κ1) is 6.71. The zero-order valence-electron chi connectivity index (χ0n) is 7.02. The van der Waals surface area contributed by atoms with Crippen LogP contribution in [0.5, 0.6) is 0 Å². The molecule has 1 aromatic heterocycles. The van der Waals surface area contributed by atoms with Gasteiger partial charge in [-0.1, -0.05) is 18.6 Å². The molecule has 0 aromatic carbocycles. The number of fused-ring (bicyclic) bond motifs is 1. The number of H-pyrrole nitrogens is 1. The van der Waals surface area contributed by atoms with E-state index < -0.39 is 0 Å². The normalized spacial score (nSPS) is 22.7. The Morgan fingerprint density at radius 2 is 2.36 bits per heavy atom. The SMILES string of the molecule is CC1=c2cc[nH]c2=CC(C)C1. The molecule has 1 N–H and O–H groups in total. The van der Waals surface area contributed by atoms with Crippen molar-refractivity contribution in [2.45, 2.75) is 20.3 Å². The second-order valence-electron chi connectivity index (χ2n) is 3.43. The summed E-state index contributed by atoms with van der Waals surface area (Å²) in [5.41, 5.74) is 1.51. The molecule has 1 nitrogen and oxygen atoms in total. The van der Waals surface area contributed by atoms with Gasteiger partial charge in [0, 0.05) is 11.5 Å².